The number of carbonyl (C=O) groups is 1. The zero-order chi connectivity index (χ0) is 28.4. The quantitative estimate of drug-likeness (QED) is 0.115. The molecule has 3 aromatic rings. The molecule has 1 amide bonds. The SMILES string of the molecule is C=[N+]([O-])c1ccc(NC2CCC(OCC(=O)Nc3ccc4cc(C(F)(F)F)ccc4n3)CC2)cc1C(F)(F)F. The van der Waals surface area contributed by atoms with Crippen LogP contribution in [-0.2, 0) is 21.9 Å². The second-order valence-corrected chi connectivity index (χ2v) is 9.19. The highest BCUT2D eigenvalue weighted by Gasteiger charge is 2.37. The van der Waals surface area contributed by atoms with Crippen LogP contribution in [0.1, 0.15) is 36.8 Å². The van der Waals surface area contributed by atoms with E-state index in [0.717, 1.165) is 24.3 Å². The van der Waals surface area contributed by atoms with Gasteiger partial charge in [0.05, 0.1) is 17.2 Å². The molecule has 39 heavy (non-hydrogen) atoms. The lowest BCUT2D eigenvalue weighted by atomic mass is 9.92. The Labute approximate surface area is 219 Å². The van der Waals surface area contributed by atoms with Crippen molar-refractivity contribution in [2.75, 3.05) is 17.2 Å². The summed E-state index contributed by atoms with van der Waals surface area (Å²) in [5.74, 6) is -0.307. The largest absolute Gasteiger partial charge is 0.619 e. The van der Waals surface area contributed by atoms with Crippen molar-refractivity contribution in [3.8, 4) is 0 Å². The zero-order valence-electron chi connectivity index (χ0n) is 20.4. The van der Waals surface area contributed by atoms with Gasteiger partial charge in [-0.15, -0.1) is 0 Å². The van der Waals surface area contributed by atoms with E-state index in [4.69, 9.17) is 4.74 Å². The van der Waals surface area contributed by atoms with Gasteiger partial charge in [0.1, 0.15) is 24.7 Å². The standard InChI is InChI=1S/C26H24F6N4O3/c1-36(38)22-10-6-18(13-20(22)26(30,31)32)33-17-4-7-19(8-5-17)39-14-24(37)35-23-11-2-15-12-16(25(27,28)29)3-9-21(15)34-23/h2-3,6,9-13,17,19,33H,1,4-5,7-8,14H2,(H,34,35,37). The maximum atomic E-state index is 13.3. The van der Waals surface area contributed by atoms with E-state index >= 15 is 0 Å². The fourth-order valence-electron chi connectivity index (χ4n) is 4.42. The van der Waals surface area contributed by atoms with E-state index in [1.165, 1.54) is 24.3 Å². The average Bonchev–Trinajstić information content (AvgIpc) is 2.86. The Morgan fingerprint density at radius 2 is 1.72 bits per heavy atom. The normalized spacial score (nSPS) is 18.1. The van der Waals surface area contributed by atoms with Crippen molar-refractivity contribution in [2.45, 2.75) is 50.2 Å². The first kappa shape index (κ1) is 28.1. The minimum atomic E-state index is -4.71. The van der Waals surface area contributed by atoms with Crippen molar-refractivity contribution in [3.05, 3.63) is 64.9 Å². The van der Waals surface area contributed by atoms with Crippen LogP contribution in [0.3, 0.4) is 0 Å². The van der Waals surface area contributed by atoms with Crippen molar-refractivity contribution in [2.24, 2.45) is 0 Å². The lowest BCUT2D eigenvalue weighted by Crippen LogP contribution is -2.31. The maximum Gasteiger partial charge on any atom is 0.422 e. The van der Waals surface area contributed by atoms with Crippen LogP contribution < -0.4 is 10.6 Å². The van der Waals surface area contributed by atoms with Crippen LogP contribution >= 0.6 is 0 Å². The van der Waals surface area contributed by atoms with Gasteiger partial charge in [0, 0.05) is 23.2 Å². The number of nitrogens with zero attached hydrogens (tertiary/aromatic N) is 2. The molecule has 208 valence electrons. The summed E-state index contributed by atoms with van der Waals surface area (Å²) in [6.07, 6.45) is -7.10. The van der Waals surface area contributed by atoms with Gasteiger partial charge >= 0.3 is 12.4 Å². The number of halogens is 6. The van der Waals surface area contributed by atoms with Gasteiger partial charge < -0.3 is 20.6 Å². The minimum absolute atomic E-state index is 0.0750. The van der Waals surface area contributed by atoms with Crippen molar-refractivity contribution in [1.29, 1.82) is 0 Å². The molecule has 2 aromatic carbocycles. The second kappa shape index (κ2) is 11.1. The lowest BCUT2D eigenvalue weighted by Gasteiger charge is -2.29. The average molecular weight is 554 g/mol. The summed E-state index contributed by atoms with van der Waals surface area (Å²) in [5, 5.41) is 17.3. The smallest absolute Gasteiger partial charge is 0.422 e. The van der Waals surface area contributed by atoms with E-state index in [1.807, 2.05) is 0 Å². The fraction of sp³-hybridized carbons (Fsp3) is 0.346. The number of amides is 1. The summed E-state index contributed by atoms with van der Waals surface area (Å²) in [6.45, 7) is 2.73. The van der Waals surface area contributed by atoms with E-state index < -0.39 is 35.1 Å². The van der Waals surface area contributed by atoms with Crippen molar-refractivity contribution in [3.63, 3.8) is 0 Å². The van der Waals surface area contributed by atoms with Crippen molar-refractivity contribution in [1.82, 2.24) is 4.98 Å². The summed E-state index contributed by atoms with van der Waals surface area (Å²) in [7, 11) is 0. The van der Waals surface area contributed by atoms with Gasteiger partial charge in [-0.3, -0.25) is 4.79 Å². The molecule has 1 fully saturated rings. The Bertz CT molecular complexity index is 1370. The van der Waals surface area contributed by atoms with Gasteiger partial charge in [-0.1, -0.05) is 0 Å². The number of carbonyl (C=O) groups excluding carboxylic acids is 1. The molecule has 0 bridgehead atoms. The zero-order valence-corrected chi connectivity index (χ0v) is 20.4. The van der Waals surface area contributed by atoms with Gasteiger partial charge in [-0.25, -0.2) is 4.98 Å². The molecule has 1 heterocycles. The first-order valence-corrected chi connectivity index (χ1v) is 11.9. The second-order valence-electron chi connectivity index (χ2n) is 9.19. The summed E-state index contributed by atoms with van der Waals surface area (Å²) in [5.41, 5.74) is -1.92. The first-order chi connectivity index (χ1) is 18.3. The number of benzene rings is 2. The molecule has 1 aliphatic carbocycles. The highest BCUT2D eigenvalue weighted by molar-refractivity contribution is 5.92. The Hall–Kier alpha value is -3.87. The Kier molecular flexibility index (Phi) is 8.00. The number of aromatic nitrogens is 1. The van der Waals surface area contributed by atoms with Crippen LogP contribution in [0.2, 0.25) is 0 Å². The molecule has 0 aliphatic heterocycles. The predicted molar refractivity (Wildman–Crippen MR) is 133 cm³/mol. The number of nitrogens with one attached hydrogen (secondary N) is 2. The maximum absolute atomic E-state index is 13.3. The molecule has 2 N–H and O–H groups in total. The lowest BCUT2D eigenvalue weighted by molar-refractivity contribution is -0.353. The molecule has 13 heteroatoms. The Morgan fingerprint density at radius 3 is 2.36 bits per heavy atom. The van der Waals surface area contributed by atoms with Crippen LogP contribution in [0, 0.1) is 5.21 Å². The molecule has 4 rings (SSSR count). The predicted octanol–water partition coefficient (Wildman–Crippen LogP) is 6.49. The van der Waals surface area contributed by atoms with E-state index in [1.54, 1.807) is 0 Å². The number of fused-ring (bicyclic) bond motifs is 1. The molecular weight excluding hydrogens is 530 g/mol. The van der Waals surface area contributed by atoms with Gasteiger partial charge in [0.25, 0.3) is 5.91 Å². The molecule has 1 aromatic heterocycles. The monoisotopic (exact) mass is 554 g/mol. The van der Waals surface area contributed by atoms with E-state index in [-0.39, 0.29) is 40.4 Å². The van der Waals surface area contributed by atoms with Crippen LogP contribution in [-0.4, -0.2) is 41.1 Å². The van der Waals surface area contributed by atoms with Gasteiger partial charge in [0.2, 0.25) is 5.69 Å². The highest BCUT2D eigenvalue weighted by atomic mass is 19.4. The summed E-state index contributed by atoms with van der Waals surface area (Å²) < 4.78 is 84.2. The molecule has 7 nitrogen and oxygen atoms in total. The van der Waals surface area contributed by atoms with E-state index in [9.17, 15) is 36.3 Å². The van der Waals surface area contributed by atoms with Gasteiger partial charge in [-0.2, -0.15) is 31.1 Å². The fourth-order valence-corrected chi connectivity index (χ4v) is 4.42. The van der Waals surface area contributed by atoms with Crippen molar-refractivity contribution < 1.29 is 40.6 Å². The molecule has 0 unspecified atom stereocenters. The molecule has 1 aliphatic rings. The van der Waals surface area contributed by atoms with Gasteiger partial charge in [0.15, 0.2) is 0 Å². The number of pyridine rings is 1. The molecule has 0 atom stereocenters. The Balaban J connectivity index is 1.26. The molecule has 0 saturated heterocycles. The van der Waals surface area contributed by atoms with E-state index in [2.05, 4.69) is 22.3 Å². The third-order valence-electron chi connectivity index (χ3n) is 6.35. The summed E-state index contributed by atoms with van der Waals surface area (Å²) in [6, 6.07) is 9.20. The number of alkyl halides is 6. The highest BCUT2D eigenvalue weighted by Crippen LogP contribution is 2.38. The molecule has 0 radical (unpaired) electrons. The van der Waals surface area contributed by atoms with E-state index in [0.29, 0.717) is 31.2 Å². The van der Waals surface area contributed by atoms with Crippen molar-refractivity contribution >= 4 is 40.7 Å². The van der Waals surface area contributed by atoms with Crippen LogP contribution in [0.25, 0.3) is 10.9 Å². The summed E-state index contributed by atoms with van der Waals surface area (Å²) in [4.78, 5) is 16.5. The number of rotatable bonds is 7. The minimum Gasteiger partial charge on any atom is -0.619 e. The topological polar surface area (TPSA) is 89.3 Å². The third-order valence-corrected chi connectivity index (χ3v) is 6.35. The number of ether oxygens (including phenoxy) is 1. The molecular formula is C26H24F6N4O3. The number of hydrogen-bond acceptors (Lipinski definition) is 5. The molecule has 1 saturated carbocycles. The first-order valence-electron chi connectivity index (χ1n) is 11.9. The number of hydrogen-bond donors (Lipinski definition) is 2. The van der Waals surface area contributed by atoms with Crippen LogP contribution in [0.15, 0.2) is 48.5 Å². The number of anilines is 2. The third kappa shape index (κ3) is 7.16. The van der Waals surface area contributed by atoms with Gasteiger partial charge in [-0.05, 0) is 68.1 Å². The molecule has 0 spiro atoms. The Morgan fingerprint density at radius 1 is 1.00 bits per heavy atom. The van der Waals surface area contributed by atoms with Crippen LogP contribution in [0.4, 0.5) is 43.5 Å². The summed E-state index contributed by atoms with van der Waals surface area (Å²) >= 11 is 0. The van der Waals surface area contributed by atoms with Crippen LogP contribution in [0.5, 0.6) is 0 Å².